The van der Waals surface area contributed by atoms with Crippen LogP contribution in [0.2, 0.25) is 0 Å². The number of nitrogens with zero attached hydrogens (tertiary/aromatic N) is 6. The van der Waals surface area contributed by atoms with Crippen LogP contribution in [0.1, 0.15) is 48.7 Å². The monoisotopic (exact) mass is 411 g/mol. The van der Waals surface area contributed by atoms with Crippen LogP contribution in [0.15, 0.2) is 36.7 Å². The van der Waals surface area contributed by atoms with Gasteiger partial charge in [0, 0.05) is 6.20 Å². The third-order valence-electron chi connectivity index (χ3n) is 5.21. The second-order valence-electron chi connectivity index (χ2n) is 7.37. The van der Waals surface area contributed by atoms with Gasteiger partial charge in [-0.2, -0.15) is 5.10 Å². The van der Waals surface area contributed by atoms with Crippen LogP contribution >= 0.6 is 11.8 Å². The zero-order valence-electron chi connectivity index (χ0n) is 16.5. The Bertz CT molecular complexity index is 961. The van der Waals surface area contributed by atoms with Crippen molar-refractivity contribution in [3.63, 3.8) is 0 Å². The Labute approximate surface area is 174 Å². The Morgan fingerprint density at radius 1 is 1.28 bits per heavy atom. The van der Waals surface area contributed by atoms with Gasteiger partial charge in [-0.1, -0.05) is 37.1 Å². The van der Waals surface area contributed by atoms with E-state index in [9.17, 15) is 4.79 Å². The maximum atomic E-state index is 12.3. The van der Waals surface area contributed by atoms with Crippen molar-refractivity contribution in [1.82, 2.24) is 30.0 Å². The molecule has 1 aliphatic carbocycles. The van der Waals surface area contributed by atoms with Crippen LogP contribution in [0, 0.1) is 6.92 Å². The Morgan fingerprint density at radius 2 is 2.10 bits per heavy atom. The summed E-state index contributed by atoms with van der Waals surface area (Å²) >= 11 is 1.52. The van der Waals surface area contributed by atoms with Crippen LogP contribution in [-0.2, 0) is 17.1 Å². The molecule has 0 spiro atoms. The zero-order valence-corrected chi connectivity index (χ0v) is 17.3. The molecule has 0 bridgehead atoms. The molecular formula is C20H25N7OS. The van der Waals surface area contributed by atoms with Gasteiger partial charge < -0.3 is 5.32 Å². The number of rotatable bonds is 8. The highest BCUT2D eigenvalue weighted by Gasteiger charge is 2.21. The summed E-state index contributed by atoms with van der Waals surface area (Å²) in [5, 5.41) is 19.3. The number of nitrogens with one attached hydrogen (secondary N) is 1. The highest BCUT2D eigenvalue weighted by atomic mass is 32.2. The highest BCUT2D eigenvalue weighted by Crippen LogP contribution is 2.29. The quantitative estimate of drug-likeness (QED) is 0.612. The Balaban J connectivity index is 1.25. The average molecular weight is 412 g/mol. The smallest absolute Gasteiger partial charge is 0.234 e. The molecule has 1 aliphatic rings. The maximum absolute atomic E-state index is 12.3. The number of hydrogen-bond donors (Lipinski definition) is 1. The molecule has 0 aliphatic heterocycles. The Kier molecular flexibility index (Phi) is 6.24. The van der Waals surface area contributed by atoms with Gasteiger partial charge in [0.05, 0.1) is 36.0 Å². The molecule has 152 valence electrons. The van der Waals surface area contributed by atoms with Crippen molar-refractivity contribution in [1.29, 1.82) is 0 Å². The topological polar surface area (TPSA) is 90.5 Å². The molecule has 0 radical (unpaired) electrons. The minimum atomic E-state index is -0.0506. The van der Waals surface area contributed by atoms with Crippen molar-refractivity contribution in [2.24, 2.45) is 0 Å². The fourth-order valence-corrected chi connectivity index (χ4v) is 4.38. The van der Waals surface area contributed by atoms with Gasteiger partial charge in [0.2, 0.25) is 5.91 Å². The fraction of sp³-hybridized carbons (Fsp3) is 0.450. The molecule has 4 rings (SSSR count). The van der Waals surface area contributed by atoms with Gasteiger partial charge in [-0.25, -0.2) is 4.68 Å². The summed E-state index contributed by atoms with van der Waals surface area (Å²) in [5.74, 6) is 1.77. The van der Waals surface area contributed by atoms with E-state index in [1.807, 2.05) is 27.7 Å². The SMILES string of the molecule is Cc1ccccc1Cn1cc(NC(=O)CSCc2nnnn2C2CCCC2)cn1. The summed E-state index contributed by atoms with van der Waals surface area (Å²) in [6.45, 7) is 2.77. The second kappa shape index (κ2) is 9.21. The molecule has 1 fully saturated rings. The van der Waals surface area contributed by atoms with E-state index in [1.54, 1.807) is 6.20 Å². The normalized spacial score (nSPS) is 14.4. The summed E-state index contributed by atoms with van der Waals surface area (Å²) < 4.78 is 3.77. The number of hydrogen-bond acceptors (Lipinski definition) is 6. The number of carbonyl (C=O) groups is 1. The number of benzene rings is 1. The average Bonchev–Trinajstić information content (AvgIpc) is 3.45. The van der Waals surface area contributed by atoms with Crippen LogP contribution in [0.25, 0.3) is 0 Å². The Hall–Kier alpha value is -2.68. The van der Waals surface area contributed by atoms with Gasteiger partial charge >= 0.3 is 0 Å². The number of aryl methyl sites for hydroxylation is 1. The first-order chi connectivity index (χ1) is 14.2. The fourth-order valence-electron chi connectivity index (χ4n) is 3.65. The van der Waals surface area contributed by atoms with E-state index in [-0.39, 0.29) is 5.91 Å². The number of amides is 1. The van der Waals surface area contributed by atoms with E-state index in [2.05, 4.69) is 45.0 Å². The Morgan fingerprint density at radius 3 is 2.93 bits per heavy atom. The van der Waals surface area contributed by atoms with E-state index in [0.29, 0.717) is 29.8 Å². The maximum Gasteiger partial charge on any atom is 0.234 e. The minimum Gasteiger partial charge on any atom is -0.323 e. The van der Waals surface area contributed by atoms with Gasteiger partial charge in [-0.15, -0.1) is 16.9 Å². The van der Waals surface area contributed by atoms with Crippen molar-refractivity contribution in [2.75, 3.05) is 11.1 Å². The van der Waals surface area contributed by atoms with Crippen molar-refractivity contribution in [2.45, 2.75) is 50.9 Å². The van der Waals surface area contributed by atoms with Gasteiger partial charge in [0.1, 0.15) is 0 Å². The molecule has 1 aromatic carbocycles. The highest BCUT2D eigenvalue weighted by molar-refractivity contribution is 7.99. The molecule has 8 nitrogen and oxygen atoms in total. The lowest BCUT2D eigenvalue weighted by Crippen LogP contribution is -2.15. The molecule has 1 saturated carbocycles. The number of carbonyl (C=O) groups excluding carboxylic acids is 1. The molecule has 29 heavy (non-hydrogen) atoms. The summed E-state index contributed by atoms with van der Waals surface area (Å²) in [7, 11) is 0. The van der Waals surface area contributed by atoms with Crippen molar-refractivity contribution < 1.29 is 4.79 Å². The summed E-state index contributed by atoms with van der Waals surface area (Å²) in [4.78, 5) is 12.3. The van der Waals surface area contributed by atoms with Crippen LogP contribution in [0.5, 0.6) is 0 Å². The number of aromatic nitrogens is 6. The van der Waals surface area contributed by atoms with E-state index in [4.69, 9.17) is 0 Å². The lowest BCUT2D eigenvalue weighted by atomic mass is 10.1. The first kappa shape index (κ1) is 19.6. The van der Waals surface area contributed by atoms with E-state index in [1.165, 1.54) is 35.7 Å². The van der Waals surface area contributed by atoms with Crippen molar-refractivity contribution >= 4 is 23.4 Å². The largest absolute Gasteiger partial charge is 0.323 e. The van der Waals surface area contributed by atoms with Gasteiger partial charge in [0.15, 0.2) is 5.82 Å². The van der Waals surface area contributed by atoms with E-state index in [0.717, 1.165) is 18.7 Å². The summed E-state index contributed by atoms with van der Waals surface area (Å²) in [6, 6.07) is 8.63. The molecular weight excluding hydrogens is 386 g/mol. The molecule has 2 heterocycles. The standard InChI is InChI=1S/C20H25N7OS/c1-15-6-2-3-7-16(15)11-26-12-17(10-21-26)22-20(28)14-29-13-19-23-24-25-27(19)18-8-4-5-9-18/h2-3,6-7,10,12,18H,4-5,8-9,11,13-14H2,1H3,(H,22,28). The third-order valence-corrected chi connectivity index (χ3v) is 6.14. The van der Waals surface area contributed by atoms with Gasteiger partial charge in [-0.05, 0) is 41.3 Å². The zero-order chi connectivity index (χ0) is 20.1. The minimum absolute atomic E-state index is 0.0506. The third kappa shape index (κ3) is 5.03. The molecule has 1 amide bonds. The van der Waals surface area contributed by atoms with E-state index >= 15 is 0 Å². The van der Waals surface area contributed by atoms with Crippen molar-refractivity contribution in [3.05, 3.63) is 53.6 Å². The molecule has 9 heteroatoms. The van der Waals surface area contributed by atoms with Gasteiger partial charge in [-0.3, -0.25) is 9.48 Å². The summed E-state index contributed by atoms with van der Waals surface area (Å²) in [5.41, 5.74) is 3.15. The molecule has 1 N–H and O–H groups in total. The van der Waals surface area contributed by atoms with Crippen LogP contribution in [-0.4, -0.2) is 41.6 Å². The molecule has 0 saturated heterocycles. The molecule has 0 atom stereocenters. The molecule has 0 unspecified atom stereocenters. The predicted molar refractivity (Wildman–Crippen MR) is 113 cm³/mol. The van der Waals surface area contributed by atoms with Crippen LogP contribution in [0.3, 0.4) is 0 Å². The molecule has 2 aromatic heterocycles. The summed E-state index contributed by atoms with van der Waals surface area (Å²) in [6.07, 6.45) is 8.27. The number of thioether (sulfide) groups is 1. The van der Waals surface area contributed by atoms with Crippen molar-refractivity contribution in [3.8, 4) is 0 Å². The second-order valence-corrected chi connectivity index (χ2v) is 8.36. The van der Waals surface area contributed by atoms with Gasteiger partial charge in [0.25, 0.3) is 0 Å². The first-order valence-corrected chi connectivity index (χ1v) is 11.1. The van der Waals surface area contributed by atoms with Crippen LogP contribution in [0.4, 0.5) is 5.69 Å². The lowest BCUT2D eigenvalue weighted by Gasteiger charge is -2.10. The first-order valence-electron chi connectivity index (χ1n) is 9.90. The lowest BCUT2D eigenvalue weighted by molar-refractivity contribution is -0.113. The predicted octanol–water partition coefficient (Wildman–Crippen LogP) is 3.21. The molecule has 3 aromatic rings. The van der Waals surface area contributed by atoms with E-state index < -0.39 is 0 Å². The number of tetrazole rings is 1. The van der Waals surface area contributed by atoms with Crippen LogP contribution < -0.4 is 5.32 Å². The number of anilines is 1.